The summed E-state index contributed by atoms with van der Waals surface area (Å²) >= 11 is 12.6. The normalized spacial score (nSPS) is 18.7. The van der Waals surface area contributed by atoms with Gasteiger partial charge in [-0.15, -0.1) is 0 Å². The summed E-state index contributed by atoms with van der Waals surface area (Å²) in [6.45, 7) is 13.0. The van der Waals surface area contributed by atoms with Crippen LogP contribution in [0.25, 0.3) is 5.57 Å². The van der Waals surface area contributed by atoms with E-state index in [-0.39, 0.29) is 25.1 Å². The second-order valence-electron chi connectivity index (χ2n) is 13.2. The number of carboxylic acid groups (broad SMARTS) is 1. The van der Waals surface area contributed by atoms with Crippen molar-refractivity contribution in [3.8, 4) is 5.75 Å². The molecular formula is C33H40Cl2N2O7. The van der Waals surface area contributed by atoms with Crippen LogP contribution >= 0.6 is 23.2 Å². The largest absolute Gasteiger partial charge is 0.490 e. The van der Waals surface area contributed by atoms with Gasteiger partial charge in [-0.3, -0.25) is 4.90 Å². The molecule has 4 rings (SSSR count). The van der Waals surface area contributed by atoms with E-state index in [1.165, 1.54) is 9.80 Å². The highest BCUT2D eigenvalue weighted by Crippen LogP contribution is 2.40. The van der Waals surface area contributed by atoms with Crippen LogP contribution in [0.5, 0.6) is 5.75 Å². The van der Waals surface area contributed by atoms with E-state index in [0.29, 0.717) is 34.4 Å². The summed E-state index contributed by atoms with van der Waals surface area (Å²) in [7, 11) is 0. The fourth-order valence-corrected chi connectivity index (χ4v) is 6.19. The molecule has 0 saturated carbocycles. The molecule has 2 heterocycles. The van der Waals surface area contributed by atoms with Gasteiger partial charge in [0.2, 0.25) is 0 Å². The fourth-order valence-electron chi connectivity index (χ4n) is 5.49. The molecule has 2 aromatic rings. The van der Waals surface area contributed by atoms with Gasteiger partial charge in [-0.25, -0.2) is 14.4 Å². The second kappa shape index (κ2) is 12.9. The van der Waals surface area contributed by atoms with Crippen LogP contribution in [0, 0.1) is 6.92 Å². The molecule has 2 aromatic carbocycles. The van der Waals surface area contributed by atoms with Crippen LogP contribution in [0.1, 0.15) is 64.7 Å². The number of hydrogen-bond acceptors (Lipinski definition) is 6. The Morgan fingerprint density at radius 2 is 1.48 bits per heavy atom. The lowest BCUT2D eigenvalue weighted by Gasteiger charge is -2.50. The zero-order valence-electron chi connectivity index (χ0n) is 26.2. The first kappa shape index (κ1) is 33.5. The smallest absolute Gasteiger partial charge is 0.411 e. The van der Waals surface area contributed by atoms with Crippen LogP contribution in [-0.2, 0) is 20.7 Å². The molecule has 0 aliphatic carbocycles. The molecule has 2 bridgehead atoms. The highest BCUT2D eigenvalue weighted by Gasteiger charge is 2.49. The van der Waals surface area contributed by atoms with Crippen LogP contribution in [-0.4, -0.2) is 76.0 Å². The minimum Gasteiger partial charge on any atom is -0.490 e. The maximum absolute atomic E-state index is 13.4. The maximum atomic E-state index is 13.4. The first-order chi connectivity index (χ1) is 20.4. The summed E-state index contributed by atoms with van der Waals surface area (Å²) in [5.74, 6) is -0.720. The molecule has 2 aliphatic rings. The highest BCUT2D eigenvalue weighted by molar-refractivity contribution is 6.37. The minimum absolute atomic E-state index is 0.0324. The van der Waals surface area contributed by atoms with Gasteiger partial charge in [0, 0.05) is 19.5 Å². The van der Waals surface area contributed by atoms with Gasteiger partial charge >= 0.3 is 18.2 Å². The van der Waals surface area contributed by atoms with Crippen LogP contribution in [0.2, 0.25) is 10.0 Å². The number of aryl methyl sites for hydroxylation is 1. The average Bonchev–Trinajstić information content (AvgIpc) is 2.87. The Labute approximate surface area is 268 Å². The van der Waals surface area contributed by atoms with Gasteiger partial charge in [0.1, 0.15) is 11.2 Å². The number of rotatable bonds is 6. The molecule has 2 aliphatic heterocycles. The molecule has 0 unspecified atom stereocenters. The van der Waals surface area contributed by atoms with E-state index >= 15 is 0 Å². The fraction of sp³-hybridized carbons (Fsp3) is 0.485. The van der Waals surface area contributed by atoms with Gasteiger partial charge in [0.25, 0.3) is 0 Å². The van der Waals surface area contributed by atoms with E-state index < -0.39 is 41.4 Å². The SMILES string of the molecule is Cc1cc(Cl)c(OCCc2ccc(C3=C(C(=O)O)[C@H]4CN(C(=O)OC(C)(C)C)C[C@@H](C3)N4C(=O)OC(C)(C)C)cc2)c(Cl)c1. The predicted molar refractivity (Wildman–Crippen MR) is 169 cm³/mol. The van der Waals surface area contributed by atoms with Gasteiger partial charge in [0.05, 0.1) is 34.3 Å². The molecule has 0 spiro atoms. The number of carboxylic acids is 1. The molecule has 2 amide bonds. The monoisotopic (exact) mass is 646 g/mol. The van der Waals surface area contributed by atoms with Crippen molar-refractivity contribution in [2.75, 3.05) is 19.7 Å². The number of carbonyl (C=O) groups excluding carboxylic acids is 2. The number of fused-ring (bicyclic) bond motifs is 2. The number of halogens is 2. The molecule has 2 atom stereocenters. The number of benzene rings is 2. The van der Waals surface area contributed by atoms with Gasteiger partial charge in [-0.05, 0) is 89.3 Å². The highest BCUT2D eigenvalue weighted by atomic mass is 35.5. The number of nitrogens with zero attached hydrogens (tertiary/aromatic N) is 2. The zero-order valence-corrected chi connectivity index (χ0v) is 27.7. The third-order valence-electron chi connectivity index (χ3n) is 7.22. The number of aliphatic carboxylic acids is 1. The number of amides is 2. The van der Waals surface area contributed by atoms with Crippen molar-refractivity contribution in [3.05, 3.63) is 68.7 Å². The average molecular weight is 648 g/mol. The summed E-state index contributed by atoms with van der Waals surface area (Å²) in [6.07, 6.45) is -0.361. The summed E-state index contributed by atoms with van der Waals surface area (Å²) < 4.78 is 17.1. The summed E-state index contributed by atoms with van der Waals surface area (Å²) in [4.78, 5) is 42.2. The lowest BCUT2D eigenvalue weighted by molar-refractivity contribution is -0.134. The van der Waals surface area contributed by atoms with E-state index in [1.54, 1.807) is 53.7 Å². The number of piperazine rings is 1. The second-order valence-corrected chi connectivity index (χ2v) is 14.0. The Balaban J connectivity index is 1.60. The molecular weight excluding hydrogens is 607 g/mol. The summed E-state index contributed by atoms with van der Waals surface area (Å²) in [6, 6.07) is 9.76. The Morgan fingerprint density at radius 1 is 0.909 bits per heavy atom. The van der Waals surface area contributed by atoms with Gasteiger partial charge in [-0.2, -0.15) is 0 Å². The van der Waals surface area contributed by atoms with Crippen molar-refractivity contribution >= 4 is 46.9 Å². The number of hydrogen-bond donors (Lipinski definition) is 1. The van der Waals surface area contributed by atoms with Crippen molar-refractivity contribution < 1.29 is 33.7 Å². The Hall–Kier alpha value is -3.43. The lowest BCUT2D eigenvalue weighted by atomic mass is 9.82. The third-order valence-corrected chi connectivity index (χ3v) is 7.78. The van der Waals surface area contributed by atoms with Crippen LogP contribution in [0.15, 0.2) is 42.0 Å². The van der Waals surface area contributed by atoms with Crippen LogP contribution < -0.4 is 4.74 Å². The molecule has 44 heavy (non-hydrogen) atoms. The Kier molecular flexibility index (Phi) is 9.81. The van der Waals surface area contributed by atoms with Crippen molar-refractivity contribution in [1.82, 2.24) is 9.80 Å². The molecule has 1 saturated heterocycles. The van der Waals surface area contributed by atoms with E-state index in [1.807, 2.05) is 31.2 Å². The van der Waals surface area contributed by atoms with Gasteiger partial charge in [-0.1, -0.05) is 47.5 Å². The Bertz CT molecular complexity index is 1430. The third kappa shape index (κ3) is 7.99. The molecule has 0 radical (unpaired) electrons. The minimum atomic E-state index is -1.16. The summed E-state index contributed by atoms with van der Waals surface area (Å²) in [5.41, 5.74) is 1.83. The Morgan fingerprint density at radius 3 is 2.02 bits per heavy atom. The molecule has 238 valence electrons. The van der Waals surface area contributed by atoms with E-state index in [4.69, 9.17) is 37.4 Å². The zero-order chi connectivity index (χ0) is 32.6. The van der Waals surface area contributed by atoms with Crippen molar-refractivity contribution in [1.29, 1.82) is 0 Å². The number of carbonyl (C=O) groups is 3. The molecule has 1 fully saturated rings. The standard InChI is InChI=1S/C33H40Cl2N2O7/c1-19-14-24(34)28(25(35)15-19)42-13-12-20-8-10-21(11-9-20)23-16-22-17-36(30(40)43-32(2,3)4)18-26(27(23)29(38)39)37(22)31(41)44-33(5,6)7/h8-11,14-15,22,26H,12-13,16-18H2,1-7H3,(H,38,39)/t22-,26-/m1/s1. The van der Waals surface area contributed by atoms with E-state index in [2.05, 4.69) is 0 Å². The molecule has 9 nitrogen and oxygen atoms in total. The molecule has 11 heteroatoms. The van der Waals surface area contributed by atoms with E-state index in [9.17, 15) is 19.5 Å². The van der Waals surface area contributed by atoms with Crippen LogP contribution in [0.3, 0.4) is 0 Å². The first-order valence-electron chi connectivity index (χ1n) is 14.6. The molecule has 0 aromatic heterocycles. The number of ether oxygens (including phenoxy) is 3. The topological polar surface area (TPSA) is 106 Å². The van der Waals surface area contributed by atoms with E-state index in [0.717, 1.165) is 16.7 Å². The van der Waals surface area contributed by atoms with Crippen molar-refractivity contribution in [2.24, 2.45) is 0 Å². The van der Waals surface area contributed by atoms with Crippen molar-refractivity contribution in [3.63, 3.8) is 0 Å². The molecule has 1 N–H and O–H groups in total. The quantitative estimate of drug-likeness (QED) is 0.349. The first-order valence-corrected chi connectivity index (χ1v) is 15.3. The van der Waals surface area contributed by atoms with Crippen LogP contribution in [0.4, 0.5) is 9.59 Å². The van der Waals surface area contributed by atoms with Gasteiger partial charge < -0.3 is 24.2 Å². The predicted octanol–water partition coefficient (Wildman–Crippen LogP) is 7.39. The van der Waals surface area contributed by atoms with Crippen molar-refractivity contribution in [2.45, 2.75) is 84.6 Å². The summed E-state index contributed by atoms with van der Waals surface area (Å²) in [5, 5.41) is 11.4. The maximum Gasteiger partial charge on any atom is 0.411 e. The van der Waals surface area contributed by atoms with Gasteiger partial charge in [0.15, 0.2) is 5.75 Å². The lowest BCUT2D eigenvalue weighted by Crippen LogP contribution is -2.65.